The molecule has 0 unspecified atom stereocenters. The first kappa shape index (κ1) is 41.3. The van der Waals surface area contributed by atoms with Crippen molar-refractivity contribution in [2.24, 2.45) is 4.99 Å². The molecule has 0 spiro atoms. The molecule has 0 fully saturated rings. The Morgan fingerprint density at radius 1 is 0.947 bits per heavy atom. The molecule has 2 aliphatic heterocycles. The van der Waals surface area contributed by atoms with Gasteiger partial charge in [-0.1, -0.05) is 45.2 Å². The van der Waals surface area contributed by atoms with Gasteiger partial charge in [-0.3, -0.25) is 18.9 Å². The van der Waals surface area contributed by atoms with E-state index in [0.29, 0.717) is 53.3 Å². The van der Waals surface area contributed by atoms with Gasteiger partial charge < -0.3 is 19.7 Å². The van der Waals surface area contributed by atoms with Gasteiger partial charge in [0.25, 0.3) is 26.1 Å². The van der Waals surface area contributed by atoms with E-state index in [0.717, 1.165) is 50.5 Å². The molecule has 4 aromatic rings. The molecular formula is C42H45N3O9S2Si. The second kappa shape index (κ2) is 15.9. The van der Waals surface area contributed by atoms with Crippen molar-refractivity contribution >= 4 is 68.3 Å². The van der Waals surface area contributed by atoms with Gasteiger partial charge in [0, 0.05) is 42.3 Å². The van der Waals surface area contributed by atoms with Crippen molar-refractivity contribution in [3.8, 4) is 11.5 Å². The van der Waals surface area contributed by atoms with Crippen molar-refractivity contribution in [3.63, 3.8) is 0 Å². The second-order valence-electron chi connectivity index (χ2n) is 14.2. The van der Waals surface area contributed by atoms with E-state index in [9.17, 15) is 30.7 Å². The molecule has 0 saturated heterocycles. The minimum absolute atomic E-state index is 0.147. The molecule has 2 heterocycles. The molecule has 0 radical (unpaired) electrons. The van der Waals surface area contributed by atoms with Gasteiger partial charge in [0.2, 0.25) is 0 Å². The number of anilines is 2. The Kier molecular flexibility index (Phi) is 11.5. The maximum Gasteiger partial charge on any atom is 0.294 e. The number of allylic oxidation sites excluding steroid dienone is 4. The summed E-state index contributed by atoms with van der Waals surface area (Å²) in [5.74, 6) is 0.521. The topological polar surface area (TPSA) is 172 Å². The Balaban J connectivity index is 1.59. The minimum atomic E-state index is -4.40. The van der Waals surface area contributed by atoms with E-state index in [2.05, 4.69) is 42.0 Å². The lowest BCUT2D eigenvalue weighted by molar-refractivity contribution is 0.0962. The number of nitrogens with zero attached hydrogens (tertiary/aromatic N) is 2. The Morgan fingerprint density at radius 2 is 1.60 bits per heavy atom. The van der Waals surface area contributed by atoms with Gasteiger partial charge in [-0.05, 0) is 112 Å². The van der Waals surface area contributed by atoms with E-state index in [1.54, 1.807) is 43.6 Å². The molecule has 6 rings (SSSR count). The summed E-state index contributed by atoms with van der Waals surface area (Å²) in [6.07, 6.45) is 7.34. The third-order valence-electron chi connectivity index (χ3n) is 10.5. The summed E-state index contributed by atoms with van der Waals surface area (Å²) in [7, 11) is -6.79. The molecule has 0 bridgehead atoms. The molecule has 3 N–H and O–H groups in total. The number of methoxy groups -OCH3 is 2. The summed E-state index contributed by atoms with van der Waals surface area (Å²) >= 11 is 0. The minimum Gasteiger partial charge on any atom is -0.496 e. The van der Waals surface area contributed by atoms with E-state index >= 15 is 0 Å². The molecule has 2 aliphatic rings. The standard InChI is InChI=1S/C42H45N3O9S2Si/c1-8-10-26-21-30(55(47,48)49)12-15-34(26)44-19-17-38-32(9-2)40(41-36(53-4)23-28(42(46)43-3)24-37(41)54-5)33-14-11-29(25-39(33)57(38,6)7)45-20-18-27-22-31(56(50,51)52)13-16-35(27)45/h9,11-17,19,21-25H,2,8,10,18,20H2,1,3-7H3,(H,43,46)(H,47,48,49)(H,50,51,52)/b38-17+,44-19+. The molecule has 57 heavy (non-hydrogen) atoms. The first-order valence-electron chi connectivity index (χ1n) is 18.2. The zero-order chi connectivity index (χ0) is 41.4. The van der Waals surface area contributed by atoms with Gasteiger partial charge in [-0.15, -0.1) is 0 Å². The van der Waals surface area contributed by atoms with E-state index in [1.165, 1.54) is 38.5 Å². The molecular weight excluding hydrogens is 783 g/mol. The predicted molar refractivity (Wildman–Crippen MR) is 226 cm³/mol. The third-order valence-corrected chi connectivity index (χ3v) is 15.7. The number of aryl methyl sites for hydroxylation is 1. The maximum absolute atomic E-state index is 12.8. The second-order valence-corrected chi connectivity index (χ2v) is 21.4. The zero-order valence-electron chi connectivity index (χ0n) is 32.6. The van der Waals surface area contributed by atoms with Gasteiger partial charge in [0.1, 0.15) is 19.6 Å². The first-order valence-corrected chi connectivity index (χ1v) is 24.1. The van der Waals surface area contributed by atoms with Crippen LogP contribution >= 0.6 is 0 Å². The molecule has 0 atom stereocenters. The van der Waals surface area contributed by atoms with Crippen LogP contribution in [0.5, 0.6) is 11.5 Å². The third kappa shape index (κ3) is 7.85. The van der Waals surface area contributed by atoms with Crippen molar-refractivity contribution in [2.45, 2.75) is 49.1 Å². The zero-order valence-corrected chi connectivity index (χ0v) is 35.2. The molecule has 1 amide bonds. The quantitative estimate of drug-likeness (QED) is 0.0768. The lowest BCUT2D eigenvalue weighted by Crippen LogP contribution is -2.49. The van der Waals surface area contributed by atoms with Crippen molar-refractivity contribution in [1.82, 2.24) is 5.32 Å². The Morgan fingerprint density at radius 3 is 2.19 bits per heavy atom. The fourth-order valence-corrected chi connectivity index (χ4v) is 11.9. The molecule has 15 heteroatoms. The number of hydrogen-bond donors (Lipinski definition) is 3. The van der Waals surface area contributed by atoms with Crippen LogP contribution in [-0.4, -0.2) is 73.9 Å². The van der Waals surface area contributed by atoms with E-state index < -0.39 is 28.3 Å². The van der Waals surface area contributed by atoms with Crippen molar-refractivity contribution in [3.05, 3.63) is 124 Å². The number of amides is 1. The van der Waals surface area contributed by atoms with Crippen LogP contribution in [0.1, 0.15) is 46.0 Å². The van der Waals surface area contributed by atoms with Gasteiger partial charge in [0.15, 0.2) is 0 Å². The Hall–Kier alpha value is -5.32. The number of carbonyl (C=O) groups excluding carboxylic acids is 1. The number of aliphatic imine (C=N–C) groups is 1. The van der Waals surface area contributed by atoms with Crippen LogP contribution in [0.25, 0.3) is 5.57 Å². The van der Waals surface area contributed by atoms with E-state index in [4.69, 9.17) is 14.5 Å². The SMILES string of the molecule is C=CC1=C(c2c(OC)cc(C(=O)NC)cc2OC)c2ccc(N3CCc4cc(S(=O)(=O)O)ccc43)cc2[Si](C)(C)/C1=C/C=N/c1ccc(S(=O)(=O)O)cc1CCC. The monoisotopic (exact) mass is 827 g/mol. The van der Waals surface area contributed by atoms with Gasteiger partial charge in [0.05, 0.1) is 35.3 Å². The molecule has 4 aromatic carbocycles. The summed E-state index contributed by atoms with van der Waals surface area (Å²) in [4.78, 5) is 19.4. The summed E-state index contributed by atoms with van der Waals surface area (Å²) < 4.78 is 78.9. The van der Waals surface area contributed by atoms with Crippen molar-refractivity contribution < 1.29 is 40.2 Å². The number of hydrogen-bond acceptors (Lipinski definition) is 9. The summed E-state index contributed by atoms with van der Waals surface area (Å²) in [6.45, 7) is 11.3. The van der Waals surface area contributed by atoms with Crippen LogP contribution in [0.2, 0.25) is 13.1 Å². The lowest BCUT2D eigenvalue weighted by Gasteiger charge is -2.38. The normalized spacial score (nSPS) is 15.8. The van der Waals surface area contributed by atoms with Crippen LogP contribution in [0, 0.1) is 0 Å². The largest absolute Gasteiger partial charge is 0.496 e. The van der Waals surface area contributed by atoms with Gasteiger partial charge >= 0.3 is 0 Å². The van der Waals surface area contributed by atoms with Crippen LogP contribution in [-0.2, 0) is 33.1 Å². The molecule has 12 nitrogen and oxygen atoms in total. The van der Waals surface area contributed by atoms with E-state index in [-0.39, 0.29) is 15.7 Å². The number of ether oxygens (including phenoxy) is 2. The number of fused-ring (bicyclic) bond motifs is 2. The predicted octanol–water partition coefficient (Wildman–Crippen LogP) is 6.99. The number of carbonyl (C=O) groups is 1. The highest BCUT2D eigenvalue weighted by Crippen LogP contribution is 2.47. The van der Waals surface area contributed by atoms with Crippen molar-refractivity contribution in [1.29, 1.82) is 0 Å². The summed E-state index contributed by atoms with van der Waals surface area (Å²) in [5, 5.41) is 4.71. The smallest absolute Gasteiger partial charge is 0.294 e. The highest BCUT2D eigenvalue weighted by molar-refractivity contribution is 7.86. The highest BCUT2D eigenvalue weighted by Gasteiger charge is 2.40. The molecule has 0 aromatic heterocycles. The summed E-state index contributed by atoms with van der Waals surface area (Å²) in [6, 6.07) is 18.6. The van der Waals surface area contributed by atoms with Crippen LogP contribution in [0.3, 0.4) is 0 Å². The Bertz CT molecular complexity index is 2610. The highest BCUT2D eigenvalue weighted by atomic mass is 32.2. The lowest BCUT2D eigenvalue weighted by atomic mass is 9.89. The average molecular weight is 828 g/mol. The van der Waals surface area contributed by atoms with Crippen LogP contribution in [0.4, 0.5) is 17.1 Å². The maximum atomic E-state index is 12.8. The van der Waals surface area contributed by atoms with Gasteiger partial charge in [-0.25, -0.2) is 0 Å². The number of nitrogens with one attached hydrogen (secondary N) is 1. The van der Waals surface area contributed by atoms with Gasteiger partial charge in [-0.2, -0.15) is 16.8 Å². The number of rotatable bonds is 12. The molecule has 0 saturated carbocycles. The Labute approximate surface area is 334 Å². The number of benzene rings is 4. The first-order chi connectivity index (χ1) is 27.0. The summed E-state index contributed by atoms with van der Waals surface area (Å²) in [5.41, 5.74) is 7.31. The van der Waals surface area contributed by atoms with Crippen molar-refractivity contribution in [2.75, 3.05) is 32.7 Å². The average Bonchev–Trinajstić information content (AvgIpc) is 3.61. The van der Waals surface area contributed by atoms with Crippen LogP contribution < -0.4 is 24.9 Å². The molecule has 0 aliphatic carbocycles. The van der Waals surface area contributed by atoms with Crippen LogP contribution in [0.15, 0.2) is 111 Å². The fraction of sp³-hybridized carbons (Fsp3) is 0.238. The fourth-order valence-electron chi connectivity index (χ4n) is 7.73. The van der Waals surface area contributed by atoms with E-state index in [1.807, 2.05) is 19.1 Å². The molecule has 298 valence electrons.